The molecule has 1 saturated heterocycles. The molecule has 0 spiro atoms. The van der Waals surface area contributed by atoms with Crippen LogP contribution in [0.1, 0.15) is 12.0 Å². The third-order valence-electron chi connectivity index (χ3n) is 4.50. The zero-order valence-electron chi connectivity index (χ0n) is 14.9. The highest BCUT2D eigenvalue weighted by Crippen LogP contribution is 2.34. The molecule has 3 rings (SSSR count). The molecule has 2 atom stereocenters. The second kappa shape index (κ2) is 8.10. The van der Waals surface area contributed by atoms with E-state index in [0.29, 0.717) is 6.54 Å². The van der Waals surface area contributed by atoms with Crippen molar-refractivity contribution in [1.29, 1.82) is 0 Å². The van der Waals surface area contributed by atoms with E-state index in [1.165, 1.54) is 12.1 Å². The minimum atomic E-state index is -0.244. The predicted octanol–water partition coefficient (Wildman–Crippen LogP) is 3.35. The maximum atomic E-state index is 13.1. The van der Waals surface area contributed by atoms with Gasteiger partial charge in [-0.15, -0.1) is 11.8 Å². The lowest BCUT2D eigenvalue weighted by atomic mass is 10.1. The molecule has 1 N–H and O–H groups in total. The zero-order valence-corrected chi connectivity index (χ0v) is 15.7. The standard InChI is InChI=1S/C20H23FN2O2S/c1-22(2)20(25)19-11-18(26-17-8-6-15(21)7-9-17)13-23(19)12-14-4-3-5-16(24)10-14/h3-10,18-19,24H,11-13H2,1-2H3/t18-,19+/m1/s1. The highest BCUT2D eigenvalue weighted by Gasteiger charge is 2.37. The SMILES string of the molecule is CN(C)C(=O)[C@@H]1C[C@@H](Sc2ccc(F)cc2)CN1Cc1cccc(O)c1. The van der Waals surface area contributed by atoms with Crippen molar-refractivity contribution in [3.05, 3.63) is 59.9 Å². The number of nitrogens with zero attached hydrogens (tertiary/aromatic N) is 2. The van der Waals surface area contributed by atoms with Crippen molar-refractivity contribution in [2.45, 2.75) is 29.2 Å². The van der Waals surface area contributed by atoms with Gasteiger partial charge in [-0.05, 0) is 48.4 Å². The fourth-order valence-corrected chi connectivity index (χ4v) is 4.49. The summed E-state index contributed by atoms with van der Waals surface area (Å²) in [6.45, 7) is 1.38. The largest absolute Gasteiger partial charge is 0.508 e. The second-order valence-electron chi connectivity index (χ2n) is 6.78. The molecule has 0 bridgehead atoms. The third-order valence-corrected chi connectivity index (χ3v) is 5.72. The van der Waals surface area contributed by atoms with Gasteiger partial charge in [-0.1, -0.05) is 12.1 Å². The number of likely N-dealkylation sites (tertiary alicyclic amines) is 1. The summed E-state index contributed by atoms with van der Waals surface area (Å²) in [7, 11) is 3.55. The molecular weight excluding hydrogens is 351 g/mol. The Morgan fingerprint density at radius 2 is 2.00 bits per heavy atom. The number of hydrogen-bond acceptors (Lipinski definition) is 4. The lowest BCUT2D eigenvalue weighted by Gasteiger charge is -2.26. The third kappa shape index (κ3) is 4.56. The molecule has 0 aromatic heterocycles. The molecule has 138 valence electrons. The van der Waals surface area contributed by atoms with E-state index in [1.54, 1.807) is 55.0 Å². The molecular formula is C20H23FN2O2S. The van der Waals surface area contributed by atoms with E-state index in [-0.39, 0.29) is 28.8 Å². The van der Waals surface area contributed by atoms with Gasteiger partial charge in [-0.3, -0.25) is 9.69 Å². The molecule has 4 nitrogen and oxygen atoms in total. The van der Waals surface area contributed by atoms with Gasteiger partial charge >= 0.3 is 0 Å². The van der Waals surface area contributed by atoms with Crippen LogP contribution in [-0.4, -0.2) is 52.7 Å². The number of phenols is 1. The van der Waals surface area contributed by atoms with Crippen molar-refractivity contribution in [3.63, 3.8) is 0 Å². The van der Waals surface area contributed by atoms with E-state index >= 15 is 0 Å². The van der Waals surface area contributed by atoms with E-state index in [1.807, 2.05) is 12.1 Å². The Labute approximate surface area is 157 Å². The minimum Gasteiger partial charge on any atom is -0.508 e. The fourth-order valence-electron chi connectivity index (χ4n) is 3.27. The summed E-state index contributed by atoms with van der Waals surface area (Å²) in [6.07, 6.45) is 0.748. The van der Waals surface area contributed by atoms with Gasteiger partial charge in [-0.2, -0.15) is 0 Å². The summed E-state index contributed by atoms with van der Waals surface area (Å²) in [5.41, 5.74) is 0.981. The first-order valence-electron chi connectivity index (χ1n) is 8.57. The first kappa shape index (κ1) is 18.7. The van der Waals surface area contributed by atoms with Crippen LogP contribution in [0.3, 0.4) is 0 Å². The van der Waals surface area contributed by atoms with Crippen molar-refractivity contribution >= 4 is 17.7 Å². The fraction of sp³-hybridized carbons (Fsp3) is 0.350. The summed E-state index contributed by atoms with van der Waals surface area (Å²) in [5, 5.41) is 9.95. The van der Waals surface area contributed by atoms with Gasteiger partial charge in [0.2, 0.25) is 5.91 Å². The number of aromatic hydroxyl groups is 1. The molecule has 1 amide bonds. The normalized spacial score (nSPS) is 20.3. The number of carbonyl (C=O) groups excluding carboxylic acids is 1. The van der Waals surface area contributed by atoms with Crippen LogP contribution in [0.2, 0.25) is 0 Å². The van der Waals surface area contributed by atoms with Gasteiger partial charge in [0.25, 0.3) is 0 Å². The summed E-state index contributed by atoms with van der Waals surface area (Å²) < 4.78 is 13.1. The molecule has 1 heterocycles. The number of amides is 1. The maximum Gasteiger partial charge on any atom is 0.239 e. The molecule has 0 aliphatic carbocycles. The van der Waals surface area contributed by atoms with Crippen LogP contribution in [0.5, 0.6) is 5.75 Å². The number of benzene rings is 2. The highest BCUT2D eigenvalue weighted by molar-refractivity contribution is 8.00. The number of thioether (sulfide) groups is 1. The van der Waals surface area contributed by atoms with Crippen LogP contribution in [-0.2, 0) is 11.3 Å². The summed E-state index contributed by atoms with van der Waals surface area (Å²) in [4.78, 5) is 17.4. The smallest absolute Gasteiger partial charge is 0.239 e. The quantitative estimate of drug-likeness (QED) is 0.872. The molecule has 26 heavy (non-hydrogen) atoms. The zero-order chi connectivity index (χ0) is 18.7. The van der Waals surface area contributed by atoms with E-state index in [4.69, 9.17) is 0 Å². The van der Waals surface area contributed by atoms with E-state index in [2.05, 4.69) is 4.90 Å². The molecule has 0 radical (unpaired) electrons. The lowest BCUT2D eigenvalue weighted by Crippen LogP contribution is -2.42. The molecule has 0 unspecified atom stereocenters. The van der Waals surface area contributed by atoms with Gasteiger partial charge in [0.15, 0.2) is 0 Å². The number of hydrogen-bond donors (Lipinski definition) is 1. The van der Waals surface area contributed by atoms with Crippen LogP contribution < -0.4 is 0 Å². The van der Waals surface area contributed by atoms with Gasteiger partial charge in [0.05, 0.1) is 6.04 Å². The Bertz CT molecular complexity index is 767. The Hall–Kier alpha value is -2.05. The van der Waals surface area contributed by atoms with Gasteiger partial charge in [0.1, 0.15) is 11.6 Å². The molecule has 2 aromatic carbocycles. The molecule has 6 heteroatoms. The van der Waals surface area contributed by atoms with Crippen LogP contribution >= 0.6 is 11.8 Å². The Morgan fingerprint density at radius 3 is 2.65 bits per heavy atom. The number of carbonyl (C=O) groups is 1. The molecule has 0 saturated carbocycles. The highest BCUT2D eigenvalue weighted by atomic mass is 32.2. The van der Waals surface area contributed by atoms with Crippen LogP contribution in [0, 0.1) is 5.82 Å². The summed E-state index contributed by atoms with van der Waals surface area (Å²) >= 11 is 1.68. The Balaban J connectivity index is 1.74. The average molecular weight is 374 g/mol. The Morgan fingerprint density at radius 1 is 1.27 bits per heavy atom. The number of phenolic OH excluding ortho intramolecular Hbond substituents is 1. The van der Waals surface area contributed by atoms with E-state index in [9.17, 15) is 14.3 Å². The first-order valence-corrected chi connectivity index (χ1v) is 9.45. The van der Waals surface area contributed by atoms with Crippen LogP contribution in [0.25, 0.3) is 0 Å². The number of rotatable bonds is 5. The van der Waals surface area contributed by atoms with Crippen LogP contribution in [0.15, 0.2) is 53.4 Å². The van der Waals surface area contributed by atoms with Gasteiger partial charge < -0.3 is 10.0 Å². The van der Waals surface area contributed by atoms with Crippen molar-refractivity contribution < 1.29 is 14.3 Å². The van der Waals surface area contributed by atoms with E-state index < -0.39 is 0 Å². The number of likely N-dealkylation sites (N-methyl/N-ethyl adjacent to an activating group) is 1. The average Bonchev–Trinajstić information content (AvgIpc) is 2.98. The second-order valence-corrected chi connectivity index (χ2v) is 8.15. The lowest BCUT2D eigenvalue weighted by molar-refractivity contribution is -0.133. The molecule has 1 fully saturated rings. The minimum absolute atomic E-state index is 0.0901. The number of halogens is 1. The van der Waals surface area contributed by atoms with Crippen molar-refractivity contribution in [2.75, 3.05) is 20.6 Å². The van der Waals surface area contributed by atoms with Crippen molar-refractivity contribution in [2.24, 2.45) is 0 Å². The summed E-state index contributed by atoms with van der Waals surface area (Å²) in [5.74, 6) is 0.0775. The monoisotopic (exact) mass is 374 g/mol. The molecule has 1 aliphatic heterocycles. The maximum absolute atomic E-state index is 13.1. The van der Waals surface area contributed by atoms with Gasteiger partial charge in [0, 0.05) is 37.3 Å². The molecule has 2 aromatic rings. The first-order chi connectivity index (χ1) is 12.4. The Kier molecular flexibility index (Phi) is 5.84. The van der Waals surface area contributed by atoms with Crippen LogP contribution in [0.4, 0.5) is 4.39 Å². The predicted molar refractivity (Wildman–Crippen MR) is 102 cm³/mol. The molecule has 1 aliphatic rings. The topological polar surface area (TPSA) is 43.8 Å². The van der Waals surface area contributed by atoms with E-state index in [0.717, 1.165) is 23.4 Å². The van der Waals surface area contributed by atoms with Crippen molar-refractivity contribution in [3.8, 4) is 5.75 Å². The van der Waals surface area contributed by atoms with Crippen molar-refractivity contribution in [1.82, 2.24) is 9.80 Å². The summed E-state index contributed by atoms with van der Waals surface area (Å²) in [6, 6.07) is 13.4. The van der Waals surface area contributed by atoms with Gasteiger partial charge in [-0.25, -0.2) is 4.39 Å².